The van der Waals surface area contributed by atoms with Crippen LogP contribution in [0.15, 0.2) is 54.3 Å². The van der Waals surface area contributed by atoms with Gasteiger partial charge < -0.3 is 14.9 Å². The molecule has 1 heterocycles. The second-order valence-electron chi connectivity index (χ2n) is 6.54. The molecule has 5 rings (SSSR count). The number of carbonyl (C=O) groups excluding carboxylic acids is 1. The van der Waals surface area contributed by atoms with Crippen molar-refractivity contribution in [1.29, 1.82) is 0 Å². The predicted octanol–water partition coefficient (Wildman–Crippen LogP) is 6.59. The van der Waals surface area contributed by atoms with Crippen LogP contribution in [0.1, 0.15) is 27.0 Å². The maximum Gasteiger partial charge on any atom is 0.341 e. The molecule has 1 aliphatic heterocycles. The van der Waals surface area contributed by atoms with Gasteiger partial charge in [0.15, 0.2) is 5.60 Å². The topological polar surface area (TPSA) is 66.8 Å². The summed E-state index contributed by atoms with van der Waals surface area (Å²) in [5.74, 6) is -0.283. The number of hydrogen-bond donors (Lipinski definition) is 2. The van der Waals surface area contributed by atoms with Gasteiger partial charge in [-0.25, -0.2) is 4.79 Å². The standard InChI is InChI=1S/C20H8Br4O4/c21-15-13-14(16(22)18(24)17(15)23)20(28-19(13)27)11-3-1-7(25)5-9(11)10-6-8(26)2-4-12(10)20/h1-6,25-26H. The van der Waals surface area contributed by atoms with Gasteiger partial charge in [0.1, 0.15) is 11.5 Å². The lowest BCUT2D eigenvalue weighted by molar-refractivity contribution is 0.0263. The molecule has 140 valence electrons. The molecule has 0 aromatic heterocycles. The Morgan fingerprint density at radius 3 is 1.79 bits per heavy atom. The Labute approximate surface area is 193 Å². The van der Waals surface area contributed by atoms with Crippen molar-refractivity contribution in [2.24, 2.45) is 0 Å². The van der Waals surface area contributed by atoms with Crippen LogP contribution in [-0.2, 0) is 10.3 Å². The van der Waals surface area contributed by atoms with E-state index in [1.807, 2.05) is 0 Å². The van der Waals surface area contributed by atoms with Crippen molar-refractivity contribution in [3.8, 4) is 22.6 Å². The summed E-state index contributed by atoms with van der Waals surface area (Å²) in [7, 11) is 0. The fraction of sp³-hybridized carbons (Fsp3) is 0.0500. The van der Waals surface area contributed by atoms with Gasteiger partial charge in [-0.05, 0) is 99.1 Å². The molecule has 0 atom stereocenters. The Bertz CT molecular complexity index is 1180. The van der Waals surface area contributed by atoms with Crippen molar-refractivity contribution >= 4 is 69.7 Å². The molecule has 0 saturated heterocycles. The van der Waals surface area contributed by atoms with Crippen molar-refractivity contribution in [2.45, 2.75) is 5.60 Å². The highest BCUT2D eigenvalue weighted by Gasteiger charge is 2.56. The number of halogens is 4. The summed E-state index contributed by atoms with van der Waals surface area (Å²) in [5.41, 5.74) is 2.74. The van der Waals surface area contributed by atoms with Gasteiger partial charge >= 0.3 is 5.97 Å². The Morgan fingerprint density at radius 1 is 0.750 bits per heavy atom. The number of carbonyl (C=O) groups is 1. The number of esters is 1. The van der Waals surface area contributed by atoms with Crippen molar-refractivity contribution in [3.63, 3.8) is 0 Å². The van der Waals surface area contributed by atoms with E-state index in [0.29, 0.717) is 35.7 Å². The van der Waals surface area contributed by atoms with E-state index < -0.39 is 11.6 Å². The molecular formula is C20H8Br4O4. The van der Waals surface area contributed by atoms with Crippen molar-refractivity contribution in [1.82, 2.24) is 0 Å². The number of hydrogen-bond acceptors (Lipinski definition) is 4. The van der Waals surface area contributed by atoms with Gasteiger partial charge in [0.25, 0.3) is 0 Å². The lowest BCUT2D eigenvalue weighted by Crippen LogP contribution is -2.27. The largest absolute Gasteiger partial charge is 0.508 e. The van der Waals surface area contributed by atoms with Crippen LogP contribution in [0.3, 0.4) is 0 Å². The summed E-state index contributed by atoms with van der Waals surface area (Å²) in [6.07, 6.45) is 0. The lowest BCUT2D eigenvalue weighted by Gasteiger charge is -2.28. The van der Waals surface area contributed by atoms with E-state index in [-0.39, 0.29) is 11.5 Å². The Morgan fingerprint density at radius 2 is 1.25 bits per heavy atom. The summed E-state index contributed by atoms with van der Waals surface area (Å²) in [6.45, 7) is 0. The molecule has 0 unspecified atom stereocenters. The second kappa shape index (κ2) is 6.08. The Kier molecular flexibility index (Phi) is 4.05. The molecule has 0 amide bonds. The number of phenols is 2. The predicted molar refractivity (Wildman–Crippen MR) is 118 cm³/mol. The van der Waals surface area contributed by atoms with Gasteiger partial charge in [-0.2, -0.15) is 0 Å². The van der Waals surface area contributed by atoms with Gasteiger partial charge in [0.2, 0.25) is 0 Å². The zero-order valence-electron chi connectivity index (χ0n) is 13.7. The molecule has 3 aromatic carbocycles. The summed E-state index contributed by atoms with van der Waals surface area (Å²) in [4.78, 5) is 13.0. The van der Waals surface area contributed by atoms with Crippen molar-refractivity contribution in [3.05, 3.63) is 76.5 Å². The third kappa shape index (κ3) is 2.17. The first-order valence-corrected chi connectivity index (χ1v) is 11.2. The zero-order chi connectivity index (χ0) is 20.0. The Balaban J connectivity index is 1.99. The minimum atomic E-state index is -1.19. The average molecular weight is 632 g/mol. The quantitative estimate of drug-likeness (QED) is 0.167. The van der Waals surface area contributed by atoms with Crippen LogP contribution in [0.25, 0.3) is 11.1 Å². The highest BCUT2D eigenvalue weighted by molar-refractivity contribution is 9.15. The van der Waals surface area contributed by atoms with Crippen LogP contribution in [0.2, 0.25) is 0 Å². The number of ether oxygens (including phenoxy) is 1. The van der Waals surface area contributed by atoms with Gasteiger partial charge in [0.05, 0.1) is 5.56 Å². The monoisotopic (exact) mass is 628 g/mol. The minimum Gasteiger partial charge on any atom is -0.508 e. The van der Waals surface area contributed by atoms with Crippen LogP contribution in [-0.4, -0.2) is 16.2 Å². The molecule has 0 saturated carbocycles. The summed E-state index contributed by atoms with van der Waals surface area (Å²) < 4.78 is 8.79. The van der Waals surface area contributed by atoms with Gasteiger partial charge in [-0.3, -0.25) is 0 Å². The second-order valence-corrected chi connectivity index (χ2v) is 9.71. The normalized spacial score (nSPS) is 15.4. The first-order valence-electron chi connectivity index (χ1n) is 8.04. The molecule has 4 nitrogen and oxygen atoms in total. The number of benzene rings is 3. The molecule has 1 aliphatic carbocycles. The molecule has 2 N–H and O–H groups in total. The molecule has 0 fully saturated rings. The lowest BCUT2D eigenvalue weighted by atomic mass is 9.83. The van der Waals surface area contributed by atoms with E-state index in [2.05, 4.69) is 63.7 Å². The Hall–Kier alpha value is -1.35. The summed E-state index contributed by atoms with van der Waals surface area (Å²) >= 11 is 14.2. The number of phenolic OH excluding ortho intramolecular Hbond substituents is 2. The fourth-order valence-corrected chi connectivity index (χ4v) is 6.60. The molecule has 0 radical (unpaired) electrons. The van der Waals surface area contributed by atoms with Crippen molar-refractivity contribution < 1.29 is 19.7 Å². The minimum absolute atomic E-state index is 0.0897. The maximum absolute atomic E-state index is 13.0. The first-order chi connectivity index (χ1) is 13.3. The molecule has 28 heavy (non-hydrogen) atoms. The van der Waals surface area contributed by atoms with Crippen LogP contribution >= 0.6 is 63.7 Å². The zero-order valence-corrected chi connectivity index (χ0v) is 20.0. The smallest absolute Gasteiger partial charge is 0.341 e. The van der Waals surface area contributed by atoms with Gasteiger partial charge in [-0.15, -0.1) is 0 Å². The molecule has 0 bridgehead atoms. The van der Waals surface area contributed by atoms with Crippen LogP contribution in [0, 0.1) is 0 Å². The third-order valence-electron chi connectivity index (χ3n) is 5.12. The first kappa shape index (κ1) is 18.7. The van der Waals surface area contributed by atoms with E-state index in [1.165, 1.54) is 0 Å². The van der Waals surface area contributed by atoms with Gasteiger partial charge in [-0.1, -0.05) is 12.1 Å². The molecule has 8 heteroatoms. The van der Waals surface area contributed by atoms with Crippen LogP contribution < -0.4 is 0 Å². The van der Waals surface area contributed by atoms with Crippen LogP contribution in [0.4, 0.5) is 0 Å². The van der Waals surface area contributed by atoms with E-state index in [0.717, 1.165) is 15.6 Å². The van der Waals surface area contributed by atoms with Gasteiger partial charge in [0, 0.05) is 34.6 Å². The summed E-state index contributed by atoms with van der Waals surface area (Å²) in [5, 5.41) is 20.1. The van der Waals surface area contributed by atoms with Crippen molar-refractivity contribution in [2.75, 3.05) is 0 Å². The van der Waals surface area contributed by atoms with E-state index >= 15 is 0 Å². The SMILES string of the molecule is O=C1OC2(c3ccc(O)cc3-c3cc(O)ccc32)c2c(Br)c(Br)c(Br)c(Br)c21. The van der Waals surface area contributed by atoms with E-state index in [9.17, 15) is 15.0 Å². The molecule has 1 spiro atoms. The number of aromatic hydroxyl groups is 2. The highest BCUT2D eigenvalue weighted by Crippen LogP contribution is 2.61. The average Bonchev–Trinajstić information content (AvgIpc) is 3.10. The third-order valence-corrected chi connectivity index (χ3v) is 9.89. The molecule has 3 aromatic rings. The number of fused-ring (bicyclic) bond motifs is 7. The highest BCUT2D eigenvalue weighted by atomic mass is 79.9. The fourth-order valence-electron chi connectivity index (χ4n) is 4.04. The molecule has 2 aliphatic rings. The maximum atomic E-state index is 13.0. The summed E-state index contributed by atoms with van der Waals surface area (Å²) in [6, 6.07) is 9.86. The number of rotatable bonds is 0. The molecular weight excluding hydrogens is 624 g/mol. The van der Waals surface area contributed by atoms with Crippen LogP contribution in [0.5, 0.6) is 11.5 Å². The van der Waals surface area contributed by atoms with E-state index in [4.69, 9.17) is 4.74 Å². The van der Waals surface area contributed by atoms with E-state index in [1.54, 1.807) is 36.4 Å².